The molecule has 0 amide bonds. The molecular weight excluding hydrogens is 140 g/mol. The van der Waals surface area contributed by atoms with Gasteiger partial charge in [0.2, 0.25) is 0 Å². The Morgan fingerprint density at radius 2 is 2.00 bits per heavy atom. The van der Waals surface area contributed by atoms with E-state index < -0.39 is 0 Å². The molecule has 0 aliphatic rings. The average Bonchev–Trinajstić information content (AvgIpc) is 2.11. The second-order valence-corrected chi connectivity index (χ2v) is 3.64. The van der Waals surface area contributed by atoms with Crippen LogP contribution in [0.4, 0.5) is 5.82 Å². The molecule has 0 aromatic carbocycles. The molecular formula is C7H14N4. The van der Waals surface area contributed by atoms with Gasteiger partial charge in [0.15, 0.2) is 0 Å². The third kappa shape index (κ3) is 1.29. The van der Waals surface area contributed by atoms with Crippen molar-refractivity contribution in [2.75, 3.05) is 11.6 Å². The molecule has 0 atom stereocenters. The smallest absolute Gasteiger partial charge is 0.146 e. The Balaban J connectivity index is 3.15. The van der Waals surface area contributed by atoms with Gasteiger partial charge in [-0.2, -0.15) is 0 Å². The average molecular weight is 154 g/mol. The van der Waals surface area contributed by atoms with E-state index in [1.807, 2.05) is 20.8 Å². The lowest BCUT2D eigenvalue weighted by atomic mass is 9.92. The third-order valence-electron chi connectivity index (χ3n) is 1.54. The summed E-state index contributed by atoms with van der Waals surface area (Å²) in [5.41, 5.74) is 6.48. The largest absolute Gasteiger partial charge is 0.382 e. The lowest BCUT2D eigenvalue weighted by Gasteiger charge is -2.15. The Hall–Kier alpha value is -1.19. The number of nitrogens with zero attached hydrogens (tertiary/aromatic N) is 2. The zero-order valence-corrected chi connectivity index (χ0v) is 7.13. The van der Waals surface area contributed by atoms with Crippen molar-refractivity contribution in [3.63, 3.8) is 0 Å². The van der Waals surface area contributed by atoms with Gasteiger partial charge < -0.3 is 11.6 Å². The molecule has 0 fully saturated rings. The van der Waals surface area contributed by atoms with Gasteiger partial charge in [-0.25, -0.2) is 9.66 Å². The number of imidazole rings is 1. The van der Waals surface area contributed by atoms with Crippen molar-refractivity contribution in [2.45, 2.75) is 26.2 Å². The molecule has 0 unspecified atom stereocenters. The van der Waals surface area contributed by atoms with E-state index in [0.29, 0.717) is 5.82 Å². The van der Waals surface area contributed by atoms with E-state index in [0.717, 1.165) is 5.69 Å². The molecule has 0 radical (unpaired) electrons. The molecule has 4 N–H and O–H groups in total. The van der Waals surface area contributed by atoms with Crippen LogP contribution in [0.3, 0.4) is 0 Å². The maximum absolute atomic E-state index is 5.66. The lowest BCUT2D eigenvalue weighted by Crippen LogP contribution is -2.17. The number of aromatic nitrogens is 2. The van der Waals surface area contributed by atoms with Crippen molar-refractivity contribution in [2.24, 2.45) is 0 Å². The van der Waals surface area contributed by atoms with E-state index in [9.17, 15) is 0 Å². The van der Waals surface area contributed by atoms with E-state index in [1.54, 1.807) is 0 Å². The summed E-state index contributed by atoms with van der Waals surface area (Å²) in [7, 11) is 0. The summed E-state index contributed by atoms with van der Waals surface area (Å²) >= 11 is 0. The number of hydrogen-bond acceptors (Lipinski definition) is 3. The molecule has 4 heteroatoms. The zero-order chi connectivity index (χ0) is 8.65. The summed E-state index contributed by atoms with van der Waals surface area (Å²) in [6.07, 6.45) is 1.52. The van der Waals surface area contributed by atoms with Crippen molar-refractivity contribution < 1.29 is 0 Å². The molecule has 4 nitrogen and oxygen atoms in total. The Kier molecular flexibility index (Phi) is 1.55. The first-order valence-corrected chi connectivity index (χ1v) is 3.51. The second kappa shape index (κ2) is 2.15. The van der Waals surface area contributed by atoms with Crippen LogP contribution in [0, 0.1) is 0 Å². The zero-order valence-electron chi connectivity index (χ0n) is 7.13. The quantitative estimate of drug-likeness (QED) is 0.534. The number of hydrogen-bond donors (Lipinski definition) is 2. The fraction of sp³-hybridized carbons (Fsp3) is 0.571. The van der Waals surface area contributed by atoms with Crippen LogP contribution in [0.2, 0.25) is 0 Å². The topological polar surface area (TPSA) is 69.9 Å². The second-order valence-electron chi connectivity index (χ2n) is 3.64. The molecule has 0 saturated heterocycles. The first-order valence-electron chi connectivity index (χ1n) is 3.51. The highest BCUT2D eigenvalue weighted by molar-refractivity contribution is 5.40. The van der Waals surface area contributed by atoms with Gasteiger partial charge in [-0.1, -0.05) is 20.8 Å². The first-order chi connectivity index (χ1) is 4.93. The van der Waals surface area contributed by atoms with Gasteiger partial charge >= 0.3 is 0 Å². The normalized spacial score (nSPS) is 11.9. The Bertz CT molecular complexity index is 256. The van der Waals surface area contributed by atoms with E-state index in [4.69, 9.17) is 11.6 Å². The highest BCUT2D eigenvalue weighted by Crippen LogP contribution is 2.24. The van der Waals surface area contributed by atoms with E-state index in [1.165, 1.54) is 11.0 Å². The molecule has 11 heavy (non-hydrogen) atoms. The summed E-state index contributed by atoms with van der Waals surface area (Å²) in [6, 6.07) is 0. The summed E-state index contributed by atoms with van der Waals surface area (Å²) < 4.78 is 1.33. The Labute approximate surface area is 66.2 Å². The minimum absolute atomic E-state index is 0.0330. The first kappa shape index (κ1) is 7.91. The minimum atomic E-state index is -0.0330. The van der Waals surface area contributed by atoms with E-state index >= 15 is 0 Å². The van der Waals surface area contributed by atoms with Crippen LogP contribution in [0.25, 0.3) is 0 Å². The van der Waals surface area contributed by atoms with E-state index in [2.05, 4.69) is 4.98 Å². The number of anilines is 1. The number of rotatable bonds is 0. The lowest BCUT2D eigenvalue weighted by molar-refractivity contribution is 0.574. The van der Waals surface area contributed by atoms with Crippen LogP contribution in [0.15, 0.2) is 6.33 Å². The van der Waals surface area contributed by atoms with Gasteiger partial charge in [0, 0.05) is 5.41 Å². The van der Waals surface area contributed by atoms with Crippen molar-refractivity contribution in [1.82, 2.24) is 9.66 Å². The highest BCUT2D eigenvalue weighted by atomic mass is 15.3. The summed E-state index contributed by atoms with van der Waals surface area (Å²) in [5, 5.41) is 0. The van der Waals surface area contributed by atoms with Gasteiger partial charge in [-0.3, -0.25) is 0 Å². The molecule has 0 saturated carbocycles. The molecule has 0 spiro atoms. The van der Waals surface area contributed by atoms with E-state index in [-0.39, 0.29) is 5.41 Å². The number of nitrogens with two attached hydrogens (primary N) is 2. The van der Waals surface area contributed by atoms with Crippen LogP contribution in [-0.4, -0.2) is 9.66 Å². The fourth-order valence-corrected chi connectivity index (χ4v) is 0.948. The van der Waals surface area contributed by atoms with Gasteiger partial charge in [0.05, 0.1) is 5.69 Å². The standard InChI is InChI=1S/C7H14N4/c1-7(2,3)5-6(8)11(9)4-10-5/h4H,8-9H2,1-3H3. The number of nitrogen functional groups attached to an aromatic ring is 2. The maximum atomic E-state index is 5.66. The molecule has 1 rings (SSSR count). The molecule has 1 heterocycles. The minimum Gasteiger partial charge on any atom is -0.382 e. The summed E-state index contributed by atoms with van der Waals surface area (Å²) in [5.74, 6) is 6.01. The fourth-order valence-electron chi connectivity index (χ4n) is 0.948. The predicted octanol–water partition coefficient (Wildman–Crippen LogP) is 0.477. The SMILES string of the molecule is CC(C)(C)c1ncn(N)c1N. The monoisotopic (exact) mass is 154 g/mol. The van der Waals surface area contributed by atoms with Crippen LogP contribution < -0.4 is 11.6 Å². The molecule has 0 aliphatic heterocycles. The Morgan fingerprint density at radius 3 is 2.18 bits per heavy atom. The third-order valence-corrected chi connectivity index (χ3v) is 1.54. The van der Waals surface area contributed by atoms with Gasteiger partial charge in [-0.15, -0.1) is 0 Å². The molecule has 1 aromatic heterocycles. The van der Waals surface area contributed by atoms with Crippen molar-refractivity contribution in [1.29, 1.82) is 0 Å². The summed E-state index contributed by atoms with van der Waals surface area (Å²) in [6.45, 7) is 6.14. The van der Waals surface area contributed by atoms with Gasteiger partial charge in [-0.05, 0) is 0 Å². The van der Waals surface area contributed by atoms with Crippen LogP contribution in [-0.2, 0) is 5.41 Å². The molecule has 62 valence electrons. The van der Waals surface area contributed by atoms with Crippen LogP contribution in [0.1, 0.15) is 26.5 Å². The van der Waals surface area contributed by atoms with Gasteiger partial charge in [0.1, 0.15) is 12.1 Å². The molecule has 0 bridgehead atoms. The summed E-state index contributed by atoms with van der Waals surface area (Å²) in [4.78, 5) is 4.10. The van der Waals surface area contributed by atoms with Crippen molar-refractivity contribution in [3.8, 4) is 0 Å². The molecule has 1 aromatic rings. The van der Waals surface area contributed by atoms with Crippen molar-refractivity contribution in [3.05, 3.63) is 12.0 Å². The highest BCUT2D eigenvalue weighted by Gasteiger charge is 2.20. The van der Waals surface area contributed by atoms with Gasteiger partial charge in [0.25, 0.3) is 0 Å². The van der Waals surface area contributed by atoms with Crippen LogP contribution in [0.5, 0.6) is 0 Å². The predicted molar refractivity (Wildman–Crippen MR) is 45.5 cm³/mol. The Morgan fingerprint density at radius 1 is 1.45 bits per heavy atom. The van der Waals surface area contributed by atoms with Crippen molar-refractivity contribution >= 4 is 5.82 Å². The van der Waals surface area contributed by atoms with Crippen LogP contribution >= 0.6 is 0 Å². The maximum Gasteiger partial charge on any atom is 0.146 e. The molecule has 0 aliphatic carbocycles.